The van der Waals surface area contributed by atoms with Crippen LogP contribution in [0.1, 0.15) is 18.4 Å². The number of benzene rings is 2. The zero-order chi connectivity index (χ0) is 16.9. The van der Waals surface area contributed by atoms with Crippen LogP contribution < -0.4 is 14.4 Å². The molecule has 124 valence electrons. The van der Waals surface area contributed by atoms with Crippen molar-refractivity contribution in [3.8, 4) is 11.5 Å². The number of hydrogen-bond donors (Lipinski definition) is 0. The van der Waals surface area contributed by atoms with Crippen molar-refractivity contribution >= 4 is 17.6 Å². The second-order valence-electron chi connectivity index (χ2n) is 5.72. The number of hydrogen-bond acceptors (Lipinski definition) is 4. The van der Waals surface area contributed by atoms with Gasteiger partial charge in [-0.05, 0) is 49.7 Å². The third kappa shape index (κ3) is 3.93. The lowest BCUT2D eigenvalue weighted by Crippen LogP contribution is -2.23. The van der Waals surface area contributed by atoms with Gasteiger partial charge in [0.1, 0.15) is 11.5 Å². The van der Waals surface area contributed by atoms with Gasteiger partial charge in [-0.1, -0.05) is 17.7 Å². The predicted molar refractivity (Wildman–Crippen MR) is 90.3 cm³/mol. The molecular formula is C19H19NO4. The number of ether oxygens (including phenoxy) is 2. The summed E-state index contributed by atoms with van der Waals surface area (Å²) in [5.41, 5.74) is 1.95. The average Bonchev–Trinajstić information content (AvgIpc) is 3.01. The Morgan fingerprint density at radius 3 is 2.33 bits per heavy atom. The zero-order valence-electron chi connectivity index (χ0n) is 13.5. The quantitative estimate of drug-likeness (QED) is 0.626. The third-order valence-corrected chi connectivity index (χ3v) is 3.83. The van der Waals surface area contributed by atoms with E-state index in [-0.39, 0.29) is 12.5 Å². The molecule has 0 atom stereocenters. The topological polar surface area (TPSA) is 55.8 Å². The van der Waals surface area contributed by atoms with Crippen LogP contribution in [0.25, 0.3) is 0 Å². The van der Waals surface area contributed by atoms with E-state index in [1.54, 1.807) is 29.2 Å². The highest BCUT2D eigenvalue weighted by Gasteiger charge is 2.21. The number of aryl methyl sites for hydroxylation is 1. The molecule has 5 nitrogen and oxygen atoms in total. The summed E-state index contributed by atoms with van der Waals surface area (Å²) >= 11 is 0. The highest BCUT2D eigenvalue weighted by molar-refractivity contribution is 5.95. The van der Waals surface area contributed by atoms with Crippen LogP contribution in [0.5, 0.6) is 11.5 Å². The summed E-state index contributed by atoms with van der Waals surface area (Å²) < 4.78 is 10.6. The molecule has 1 aliphatic rings. The summed E-state index contributed by atoms with van der Waals surface area (Å²) in [6.45, 7) is 2.56. The molecule has 24 heavy (non-hydrogen) atoms. The van der Waals surface area contributed by atoms with Gasteiger partial charge in [-0.15, -0.1) is 0 Å². The first-order valence-corrected chi connectivity index (χ1v) is 7.92. The van der Waals surface area contributed by atoms with Crippen LogP contribution in [0.3, 0.4) is 0 Å². The zero-order valence-corrected chi connectivity index (χ0v) is 13.5. The normalized spacial score (nSPS) is 13.9. The van der Waals surface area contributed by atoms with Gasteiger partial charge in [0.05, 0.1) is 0 Å². The fraction of sp³-hybridized carbons (Fsp3) is 0.263. The first kappa shape index (κ1) is 16.1. The first-order chi connectivity index (χ1) is 11.6. The molecule has 1 fully saturated rings. The second-order valence-corrected chi connectivity index (χ2v) is 5.72. The molecule has 3 rings (SSSR count). The van der Waals surface area contributed by atoms with E-state index in [1.165, 1.54) is 0 Å². The molecule has 0 unspecified atom stereocenters. The summed E-state index contributed by atoms with van der Waals surface area (Å²) in [5, 5.41) is 0. The average molecular weight is 325 g/mol. The smallest absolute Gasteiger partial charge is 0.349 e. The summed E-state index contributed by atoms with van der Waals surface area (Å²) in [6.07, 6.45) is 1.47. The van der Waals surface area contributed by atoms with E-state index < -0.39 is 5.97 Å². The van der Waals surface area contributed by atoms with Crippen molar-refractivity contribution in [3.05, 3.63) is 54.1 Å². The van der Waals surface area contributed by atoms with Crippen molar-refractivity contribution < 1.29 is 19.1 Å². The number of nitrogens with zero attached hydrogens (tertiary/aromatic N) is 1. The summed E-state index contributed by atoms with van der Waals surface area (Å²) in [6, 6.07) is 14.4. The summed E-state index contributed by atoms with van der Waals surface area (Å²) in [5.74, 6) is 0.718. The molecule has 0 saturated carbocycles. The monoisotopic (exact) mass is 325 g/mol. The molecule has 1 aliphatic heterocycles. The molecule has 0 aliphatic carbocycles. The van der Waals surface area contributed by atoms with Crippen molar-refractivity contribution in [3.63, 3.8) is 0 Å². The minimum absolute atomic E-state index is 0.131. The highest BCUT2D eigenvalue weighted by atomic mass is 16.6. The maximum Gasteiger partial charge on any atom is 0.349 e. The second kappa shape index (κ2) is 7.17. The number of carbonyl (C=O) groups excluding carboxylic acids is 2. The molecule has 5 heteroatoms. The van der Waals surface area contributed by atoms with Gasteiger partial charge in [-0.25, -0.2) is 4.79 Å². The van der Waals surface area contributed by atoms with Gasteiger partial charge in [0.15, 0.2) is 6.61 Å². The molecule has 1 saturated heterocycles. The number of esters is 1. The van der Waals surface area contributed by atoms with Crippen LogP contribution in [-0.2, 0) is 9.59 Å². The Kier molecular flexibility index (Phi) is 4.79. The van der Waals surface area contributed by atoms with Crippen molar-refractivity contribution in [1.82, 2.24) is 0 Å². The summed E-state index contributed by atoms with van der Waals surface area (Å²) in [7, 11) is 0. The molecular weight excluding hydrogens is 306 g/mol. The fourth-order valence-electron chi connectivity index (χ4n) is 2.55. The van der Waals surface area contributed by atoms with Gasteiger partial charge in [-0.2, -0.15) is 0 Å². The van der Waals surface area contributed by atoms with E-state index in [0.717, 1.165) is 24.2 Å². The molecule has 0 N–H and O–H groups in total. The summed E-state index contributed by atoms with van der Waals surface area (Å²) in [4.78, 5) is 25.3. The molecule has 1 heterocycles. The van der Waals surface area contributed by atoms with Crippen LogP contribution in [0.4, 0.5) is 5.69 Å². The molecule has 2 aromatic carbocycles. The lowest BCUT2D eigenvalue weighted by molar-refractivity contribution is -0.136. The standard InChI is InChI=1S/C19H19NO4/c1-14-4-8-16(9-5-14)23-13-19(22)24-17-10-6-15(7-11-17)20-12-2-3-18(20)21/h4-11H,2-3,12-13H2,1H3. The predicted octanol–water partition coefficient (Wildman–Crippen LogP) is 3.11. The van der Waals surface area contributed by atoms with Gasteiger partial charge >= 0.3 is 5.97 Å². The molecule has 0 bridgehead atoms. The number of rotatable bonds is 5. The molecule has 0 radical (unpaired) electrons. The maximum atomic E-state index is 11.8. The van der Waals surface area contributed by atoms with E-state index in [2.05, 4.69) is 0 Å². The maximum absolute atomic E-state index is 11.8. The van der Waals surface area contributed by atoms with Gasteiger partial charge < -0.3 is 14.4 Å². The van der Waals surface area contributed by atoms with E-state index >= 15 is 0 Å². The Morgan fingerprint density at radius 2 is 1.71 bits per heavy atom. The highest BCUT2D eigenvalue weighted by Crippen LogP contribution is 2.24. The van der Waals surface area contributed by atoms with Crippen LogP contribution in [0, 0.1) is 6.92 Å². The Balaban J connectivity index is 1.52. The van der Waals surface area contributed by atoms with E-state index in [0.29, 0.717) is 17.9 Å². The van der Waals surface area contributed by atoms with Crippen molar-refractivity contribution in [1.29, 1.82) is 0 Å². The van der Waals surface area contributed by atoms with Crippen LogP contribution in [-0.4, -0.2) is 25.0 Å². The van der Waals surface area contributed by atoms with E-state index in [9.17, 15) is 9.59 Å². The largest absolute Gasteiger partial charge is 0.482 e. The minimum atomic E-state index is -0.472. The van der Waals surface area contributed by atoms with Crippen molar-refractivity contribution in [2.45, 2.75) is 19.8 Å². The lowest BCUT2D eigenvalue weighted by Gasteiger charge is -2.15. The molecule has 2 aromatic rings. The van der Waals surface area contributed by atoms with Crippen LogP contribution in [0.15, 0.2) is 48.5 Å². The van der Waals surface area contributed by atoms with Crippen LogP contribution >= 0.6 is 0 Å². The van der Waals surface area contributed by atoms with Gasteiger partial charge in [0.25, 0.3) is 0 Å². The van der Waals surface area contributed by atoms with Gasteiger partial charge in [0.2, 0.25) is 5.91 Å². The van der Waals surface area contributed by atoms with Crippen LogP contribution in [0.2, 0.25) is 0 Å². The SMILES string of the molecule is Cc1ccc(OCC(=O)Oc2ccc(N3CCCC3=O)cc2)cc1. The number of anilines is 1. The Morgan fingerprint density at radius 1 is 1.04 bits per heavy atom. The third-order valence-electron chi connectivity index (χ3n) is 3.83. The molecule has 1 amide bonds. The Bertz CT molecular complexity index is 722. The van der Waals surface area contributed by atoms with E-state index in [1.807, 2.05) is 31.2 Å². The Hall–Kier alpha value is -2.82. The fourth-order valence-corrected chi connectivity index (χ4v) is 2.55. The molecule has 0 aromatic heterocycles. The molecule has 0 spiro atoms. The Labute approximate surface area is 140 Å². The van der Waals surface area contributed by atoms with E-state index in [4.69, 9.17) is 9.47 Å². The number of carbonyl (C=O) groups is 2. The van der Waals surface area contributed by atoms with Crippen molar-refractivity contribution in [2.75, 3.05) is 18.1 Å². The van der Waals surface area contributed by atoms with Gasteiger partial charge in [-0.3, -0.25) is 4.79 Å². The van der Waals surface area contributed by atoms with Crippen molar-refractivity contribution in [2.24, 2.45) is 0 Å². The first-order valence-electron chi connectivity index (χ1n) is 7.92. The minimum Gasteiger partial charge on any atom is -0.482 e. The lowest BCUT2D eigenvalue weighted by atomic mass is 10.2. The van der Waals surface area contributed by atoms with Gasteiger partial charge in [0, 0.05) is 18.7 Å². The number of amides is 1.